The molecular weight excluding hydrogens is 264 g/mol. The Morgan fingerprint density at radius 1 is 1.47 bits per heavy atom. The summed E-state index contributed by atoms with van der Waals surface area (Å²) in [5.74, 6) is 0.393. The van der Waals surface area contributed by atoms with Gasteiger partial charge in [0.25, 0.3) is 0 Å². The molecule has 1 saturated carbocycles. The third-order valence-electron chi connectivity index (χ3n) is 3.79. The van der Waals surface area contributed by atoms with Gasteiger partial charge in [-0.2, -0.15) is 0 Å². The zero-order valence-corrected chi connectivity index (χ0v) is 11.8. The predicted molar refractivity (Wildman–Crippen MR) is 75.1 cm³/mol. The summed E-state index contributed by atoms with van der Waals surface area (Å²) in [5.41, 5.74) is 0.115. The largest absolute Gasteiger partial charge is 0.490 e. The van der Waals surface area contributed by atoms with Crippen LogP contribution in [-0.4, -0.2) is 17.2 Å². The Morgan fingerprint density at radius 2 is 2.26 bits per heavy atom. The van der Waals surface area contributed by atoms with Crippen molar-refractivity contribution in [3.63, 3.8) is 0 Å². The third-order valence-corrected chi connectivity index (χ3v) is 4.10. The van der Waals surface area contributed by atoms with Crippen LogP contribution in [0.3, 0.4) is 0 Å². The first-order valence-electron chi connectivity index (χ1n) is 6.79. The number of aromatic carboxylic acids is 1. The molecule has 19 heavy (non-hydrogen) atoms. The SMILES string of the molecule is CCC1CCCC(Oc2ccc(C(=O)O)c(Cl)c2)C1. The number of benzene rings is 1. The summed E-state index contributed by atoms with van der Waals surface area (Å²) in [7, 11) is 0. The van der Waals surface area contributed by atoms with Crippen LogP contribution in [0, 0.1) is 5.92 Å². The second kappa shape index (κ2) is 6.29. The van der Waals surface area contributed by atoms with Gasteiger partial charge in [-0.15, -0.1) is 0 Å². The summed E-state index contributed by atoms with van der Waals surface area (Å²) in [6.45, 7) is 2.21. The summed E-state index contributed by atoms with van der Waals surface area (Å²) in [6.07, 6.45) is 6.05. The van der Waals surface area contributed by atoms with Gasteiger partial charge in [-0.25, -0.2) is 4.79 Å². The van der Waals surface area contributed by atoms with Gasteiger partial charge in [-0.3, -0.25) is 0 Å². The Bertz CT molecular complexity index is 459. The molecule has 0 aliphatic heterocycles. The smallest absolute Gasteiger partial charge is 0.337 e. The minimum atomic E-state index is -1.01. The number of carbonyl (C=O) groups is 1. The van der Waals surface area contributed by atoms with Crippen LogP contribution in [0.15, 0.2) is 18.2 Å². The van der Waals surface area contributed by atoms with Crippen molar-refractivity contribution in [2.24, 2.45) is 5.92 Å². The lowest BCUT2D eigenvalue weighted by Gasteiger charge is -2.29. The molecule has 1 aromatic rings. The molecule has 0 bridgehead atoms. The van der Waals surface area contributed by atoms with Crippen LogP contribution in [0.2, 0.25) is 5.02 Å². The molecule has 104 valence electrons. The topological polar surface area (TPSA) is 46.5 Å². The molecule has 0 heterocycles. The van der Waals surface area contributed by atoms with Crippen LogP contribution in [0.5, 0.6) is 5.75 Å². The lowest BCUT2D eigenvalue weighted by molar-refractivity contribution is 0.0697. The number of hydrogen-bond acceptors (Lipinski definition) is 2. The number of halogens is 1. The van der Waals surface area contributed by atoms with E-state index in [1.54, 1.807) is 12.1 Å². The first-order valence-corrected chi connectivity index (χ1v) is 7.17. The number of ether oxygens (including phenoxy) is 1. The van der Waals surface area contributed by atoms with Crippen LogP contribution >= 0.6 is 11.6 Å². The molecule has 3 nitrogen and oxygen atoms in total. The molecule has 2 atom stereocenters. The van der Waals surface area contributed by atoms with Crippen molar-refractivity contribution >= 4 is 17.6 Å². The van der Waals surface area contributed by atoms with Crippen LogP contribution in [0.25, 0.3) is 0 Å². The highest BCUT2D eigenvalue weighted by atomic mass is 35.5. The Kier molecular flexibility index (Phi) is 4.70. The second-order valence-corrected chi connectivity index (χ2v) is 5.53. The molecule has 0 amide bonds. The third kappa shape index (κ3) is 3.63. The molecule has 2 unspecified atom stereocenters. The molecule has 1 aliphatic rings. The van der Waals surface area contributed by atoms with Gasteiger partial charge in [0.2, 0.25) is 0 Å². The average Bonchev–Trinajstić information content (AvgIpc) is 2.38. The number of carboxylic acids is 1. The highest BCUT2D eigenvalue weighted by molar-refractivity contribution is 6.33. The number of carboxylic acid groups (broad SMARTS) is 1. The van der Waals surface area contributed by atoms with E-state index in [1.165, 1.54) is 25.3 Å². The van der Waals surface area contributed by atoms with E-state index in [-0.39, 0.29) is 16.7 Å². The summed E-state index contributed by atoms with van der Waals surface area (Å²) in [5, 5.41) is 9.15. The van der Waals surface area contributed by atoms with E-state index < -0.39 is 5.97 Å². The molecular formula is C15H19ClO3. The van der Waals surface area contributed by atoms with Gasteiger partial charge in [-0.1, -0.05) is 31.4 Å². The van der Waals surface area contributed by atoms with Gasteiger partial charge in [0.1, 0.15) is 5.75 Å². The fraction of sp³-hybridized carbons (Fsp3) is 0.533. The summed E-state index contributed by atoms with van der Waals surface area (Å²) in [6, 6.07) is 4.78. The van der Waals surface area contributed by atoms with Crippen LogP contribution in [-0.2, 0) is 0 Å². The fourth-order valence-electron chi connectivity index (χ4n) is 2.65. The Morgan fingerprint density at radius 3 is 2.89 bits per heavy atom. The maximum absolute atomic E-state index is 10.9. The highest BCUT2D eigenvalue weighted by Crippen LogP contribution is 2.31. The lowest BCUT2D eigenvalue weighted by atomic mass is 9.85. The van der Waals surface area contributed by atoms with E-state index in [0.29, 0.717) is 5.75 Å². The first-order chi connectivity index (χ1) is 9.10. The number of hydrogen-bond donors (Lipinski definition) is 1. The molecule has 1 N–H and O–H groups in total. The zero-order valence-electron chi connectivity index (χ0n) is 11.1. The summed E-state index contributed by atoms with van der Waals surface area (Å²) < 4.78 is 5.93. The Hall–Kier alpha value is -1.22. The van der Waals surface area contributed by atoms with E-state index in [1.807, 2.05) is 0 Å². The molecule has 2 rings (SSSR count). The molecule has 0 aromatic heterocycles. The molecule has 1 fully saturated rings. The summed E-state index contributed by atoms with van der Waals surface area (Å²) in [4.78, 5) is 10.9. The van der Waals surface area contributed by atoms with Gasteiger partial charge in [0.05, 0.1) is 16.7 Å². The number of rotatable bonds is 4. The van der Waals surface area contributed by atoms with Gasteiger partial charge in [0, 0.05) is 0 Å². The monoisotopic (exact) mass is 282 g/mol. The van der Waals surface area contributed by atoms with Crippen molar-refractivity contribution in [1.29, 1.82) is 0 Å². The predicted octanol–water partition coefficient (Wildman–Crippen LogP) is 4.39. The molecule has 0 spiro atoms. The van der Waals surface area contributed by atoms with Crippen molar-refractivity contribution in [2.75, 3.05) is 0 Å². The van der Waals surface area contributed by atoms with E-state index in [2.05, 4.69) is 6.92 Å². The van der Waals surface area contributed by atoms with Crippen molar-refractivity contribution in [3.8, 4) is 5.75 Å². The average molecular weight is 283 g/mol. The van der Waals surface area contributed by atoms with Gasteiger partial charge >= 0.3 is 5.97 Å². The lowest BCUT2D eigenvalue weighted by Crippen LogP contribution is -2.25. The minimum absolute atomic E-state index is 0.115. The quantitative estimate of drug-likeness (QED) is 0.891. The van der Waals surface area contributed by atoms with Gasteiger partial charge in [0.15, 0.2) is 0 Å². The Labute approximate surface area is 118 Å². The standard InChI is InChI=1S/C15H19ClO3/c1-2-10-4-3-5-11(8-10)19-12-6-7-13(15(17)18)14(16)9-12/h6-7,9-11H,2-5,8H2,1H3,(H,17,18). The maximum atomic E-state index is 10.9. The maximum Gasteiger partial charge on any atom is 0.337 e. The van der Waals surface area contributed by atoms with Gasteiger partial charge < -0.3 is 9.84 Å². The van der Waals surface area contributed by atoms with Crippen molar-refractivity contribution in [1.82, 2.24) is 0 Å². The van der Waals surface area contributed by atoms with E-state index in [9.17, 15) is 4.79 Å². The normalized spacial score (nSPS) is 23.1. The van der Waals surface area contributed by atoms with Crippen LogP contribution in [0.4, 0.5) is 0 Å². The van der Waals surface area contributed by atoms with E-state index >= 15 is 0 Å². The molecule has 4 heteroatoms. The van der Waals surface area contributed by atoms with Crippen molar-refractivity contribution < 1.29 is 14.6 Å². The fourth-order valence-corrected chi connectivity index (χ4v) is 2.91. The zero-order chi connectivity index (χ0) is 13.8. The van der Waals surface area contributed by atoms with Crippen molar-refractivity contribution in [3.05, 3.63) is 28.8 Å². The van der Waals surface area contributed by atoms with Crippen molar-refractivity contribution in [2.45, 2.75) is 45.1 Å². The van der Waals surface area contributed by atoms with E-state index in [4.69, 9.17) is 21.4 Å². The molecule has 0 saturated heterocycles. The van der Waals surface area contributed by atoms with E-state index in [0.717, 1.165) is 18.8 Å². The van der Waals surface area contributed by atoms with Crippen LogP contribution in [0.1, 0.15) is 49.4 Å². The Balaban J connectivity index is 2.03. The van der Waals surface area contributed by atoms with Crippen LogP contribution < -0.4 is 4.74 Å². The molecule has 0 radical (unpaired) electrons. The molecule has 1 aliphatic carbocycles. The summed E-state index contributed by atoms with van der Waals surface area (Å²) >= 11 is 5.94. The minimum Gasteiger partial charge on any atom is -0.490 e. The first kappa shape index (κ1) is 14.2. The highest BCUT2D eigenvalue weighted by Gasteiger charge is 2.22. The van der Waals surface area contributed by atoms with Gasteiger partial charge in [-0.05, 0) is 43.4 Å². The molecule has 1 aromatic carbocycles. The second-order valence-electron chi connectivity index (χ2n) is 5.13.